The number of benzene rings is 2. The molecule has 2 N–H and O–H groups in total. The average Bonchev–Trinajstić information content (AvgIpc) is 2.79. The Balaban J connectivity index is 1.53. The van der Waals surface area contributed by atoms with Gasteiger partial charge in [0.25, 0.3) is 5.91 Å². The maximum atomic E-state index is 12.5. The quantitative estimate of drug-likeness (QED) is 0.365. The number of ether oxygens (including phenoxy) is 1. The first-order chi connectivity index (χ1) is 15.5. The summed E-state index contributed by atoms with van der Waals surface area (Å²) in [6, 6.07) is 15.6. The first kappa shape index (κ1) is 23.7. The molecule has 1 aliphatic heterocycles. The molecule has 1 atom stereocenters. The van der Waals surface area contributed by atoms with Gasteiger partial charge in [0, 0.05) is 13.1 Å². The van der Waals surface area contributed by atoms with E-state index in [1.165, 1.54) is 10.5 Å². The number of thiocarbonyl (C=S) groups is 1. The van der Waals surface area contributed by atoms with Crippen LogP contribution in [0.1, 0.15) is 28.8 Å². The predicted molar refractivity (Wildman–Crippen MR) is 125 cm³/mol. The number of carbonyl (C=O) groups is 3. The molecule has 0 saturated carbocycles. The van der Waals surface area contributed by atoms with Crippen molar-refractivity contribution >= 4 is 46.7 Å². The van der Waals surface area contributed by atoms with Gasteiger partial charge >= 0.3 is 5.97 Å². The van der Waals surface area contributed by atoms with Crippen LogP contribution in [0.15, 0.2) is 54.6 Å². The molecule has 1 unspecified atom stereocenters. The summed E-state index contributed by atoms with van der Waals surface area (Å²) in [4.78, 5) is 38.8. The topological polar surface area (TPSA) is 87.7 Å². The number of rotatable bonds is 7. The lowest BCUT2D eigenvalue weighted by atomic mass is 10.1. The van der Waals surface area contributed by atoms with Crippen LogP contribution in [0.25, 0.3) is 0 Å². The zero-order valence-corrected chi connectivity index (χ0v) is 19.0. The van der Waals surface area contributed by atoms with Gasteiger partial charge in [-0.25, -0.2) is 0 Å². The molecule has 0 radical (unpaired) electrons. The number of carbonyl (C=O) groups excluding carboxylic acids is 3. The Morgan fingerprint density at radius 3 is 2.62 bits per heavy atom. The van der Waals surface area contributed by atoms with E-state index in [1.54, 1.807) is 24.3 Å². The number of hydrogen-bond donors (Lipinski definition) is 2. The van der Waals surface area contributed by atoms with Crippen molar-refractivity contribution in [2.75, 3.05) is 19.7 Å². The van der Waals surface area contributed by atoms with Gasteiger partial charge in [-0.15, -0.1) is 0 Å². The zero-order valence-electron chi connectivity index (χ0n) is 17.4. The summed E-state index contributed by atoms with van der Waals surface area (Å²) in [5, 5.41) is 5.68. The molecule has 9 heteroatoms. The van der Waals surface area contributed by atoms with Crippen LogP contribution in [0.3, 0.4) is 0 Å². The van der Waals surface area contributed by atoms with Gasteiger partial charge in [-0.1, -0.05) is 54.1 Å². The van der Waals surface area contributed by atoms with Crippen LogP contribution < -0.4 is 10.6 Å². The number of nitrogens with one attached hydrogen (secondary N) is 2. The second-order valence-corrected chi connectivity index (χ2v) is 8.05. The Labute approximate surface area is 197 Å². The molecule has 0 aliphatic carbocycles. The molecule has 1 heterocycles. The molecule has 32 heavy (non-hydrogen) atoms. The Morgan fingerprint density at radius 1 is 1.16 bits per heavy atom. The molecular formula is C23H24ClN3O4S. The maximum Gasteiger partial charge on any atom is 0.308 e. The highest BCUT2D eigenvalue weighted by Crippen LogP contribution is 2.16. The fourth-order valence-electron chi connectivity index (χ4n) is 3.37. The summed E-state index contributed by atoms with van der Waals surface area (Å²) in [6.07, 6.45) is 1.31. The molecule has 3 rings (SSSR count). The van der Waals surface area contributed by atoms with E-state index in [9.17, 15) is 14.4 Å². The highest BCUT2D eigenvalue weighted by Gasteiger charge is 2.34. The second kappa shape index (κ2) is 11.6. The fourth-order valence-corrected chi connectivity index (χ4v) is 3.90. The van der Waals surface area contributed by atoms with E-state index in [1.807, 2.05) is 30.3 Å². The summed E-state index contributed by atoms with van der Waals surface area (Å²) in [5.41, 5.74) is 1.44. The van der Waals surface area contributed by atoms with E-state index in [2.05, 4.69) is 10.6 Å². The Bertz CT molecular complexity index is 986. The average molecular weight is 474 g/mol. The first-order valence-corrected chi connectivity index (χ1v) is 11.1. The lowest BCUT2D eigenvalue weighted by Gasteiger charge is -2.36. The molecule has 2 aromatic carbocycles. The van der Waals surface area contributed by atoms with Gasteiger partial charge in [-0.3, -0.25) is 19.7 Å². The molecule has 168 valence electrons. The van der Waals surface area contributed by atoms with Crippen molar-refractivity contribution in [1.82, 2.24) is 15.5 Å². The lowest BCUT2D eigenvalue weighted by Crippen LogP contribution is -2.60. The van der Waals surface area contributed by atoms with Crippen molar-refractivity contribution < 1.29 is 19.1 Å². The molecule has 1 saturated heterocycles. The summed E-state index contributed by atoms with van der Waals surface area (Å²) < 4.78 is 5.32. The van der Waals surface area contributed by atoms with Crippen LogP contribution in [-0.4, -0.2) is 53.5 Å². The van der Waals surface area contributed by atoms with Gasteiger partial charge in [0.15, 0.2) is 5.11 Å². The van der Waals surface area contributed by atoms with Gasteiger partial charge in [0.05, 0.1) is 23.6 Å². The zero-order chi connectivity index (χ0) is 22.9. The Kier molecular flexibility index (Phi) is 8.58. The van der Waals surface area contributed by atoms with Crippen LogP contribution in [0.4, 0.5) is 0 Å². The number of nitrogens with zero attached hydrogens (tertiary/aromatic N) is 1. The second-order valence-electron chi connectivity index (χ2n) is 7.25. The fraction of sp³-hybridized carbons (Fsp3) is 0.304. The van der Waals surface area contributed by atoms with Crippen LogP contribution in [-0.2, 0) is 20.7 Å². The first-order valence-electron chi connectivity index (χ1n) is 10.3. The Morgan fingerprint density at radius 2 is 1.88 bits per heavy atom. The van der Waals surface area contributed by atoms with Crippen LogP contribution in [0, 0.1) is 0 Å². The van der Waals surface area contributed by atoms with E-state index >= 15 is 0 Å². The SMILES string of the molecule is O=C(CC1C(=O)NCCN1C(=S)NC(=O)c1ccccc1Cl)OCCCc1ccccc1. The number of amides is 2. The number of piperazine rings is 1. The van der Waals surface area contributed by atoms with Gasteiger partial charge in [-0.05, 0) is 42.8 Å². The van der Waals surface area contributed by atoms with E-state index in [0.29, 0.717) is 24.5 Å². The molecular weight excluding hydrogens is 450 g/mol. The molecule has 0 bridgehead atoms. The van der Waals surface area contributed by atoms with E-state index in [0.717, 1.165) is 6.42 Å². The molecule has 1 aliphatic rings. The maximum absolute atomic E-state index is 12.5. The number of hydrogen-bond acceptors (Lipinski definition) is 5. The summed E-state index contributed by atoms with van der Waals surface area (Å²) in [5.74, 6) is -1.31. The van der Waals surface area contributed by atoms with Gasteiger partial charge in [0.1, 0.15) is 6.04 Å². The van der Waals surface area contributed by atoms with Crippen molar-refractivity contribution in [2.24, 2.45) is 0 Å². The molecule has 1 fully saturated rings. The minimum absolute atomic E-state index is 0.0617. The third-order valence-corrected chi connectivity index (χ3v) is 5.67. The van der Waals surface area contributed by atoms with Crippen LogP contribution >= 0.6 is 23.8 Å². The lowest BCUT2D eigenvalue weighted by molar-refractivity contribution is -0.147. The molecule has 2 aromatic rings. The van der Waals surface area contributed by atoms with Crippen LogP contribution in [0.5, 0.6) is 0 Å². The monoisotopic (exact) mass is 473 g/mol. The highest BCUT2D eigenvalue weighted by atomic mass is 35.5. The predicted octanol–water partition coefficient (Wildman–Crippen LogP) is 2.72. The highest BCUT2D eigenvalue weighted by molar-refractivity contribution is 7.80. The normalized spacial score (nSPS) is 15.6. The Hall–Kier alpha value is -2.97. The number of aryl methyl sites for hydroxylation is 1. The van der Waals surface area contributed by atoms with E-state index < -0.39 is 17.9 Å². The third kappa shape index (κ3) is 6.51. The van der Waals surface area contributed by atoms with Crippen molar-refractivity contribution in [3.8, 4) is 0 Å². The standard InChI is InChI=1S/C23H24ClN3O4S/c24-18-11-5-4-10-17(18)21(29)26-23(32)27-13-12-25-22(30)19(27)15-20(28)31-14-6-9-16-7-2-1-3-8-16/h1-5,7-8,10-11,19H,6,9,12-15H2,(H,25,30)(H,26,29,32). The molecule has 0 aromatic heterocycles. The van der Waals surface area contributed by atoms with Crippen molar-refractivity contribution in [3.63, 3.8) is 0 Å². The third-order valence-electron chi connectivity index (χ3n) is 5.01. The van der Waals surface area contributed by atoms with Crippen molar-refractivity contribution in [2.45, 2.75) is 25.3 Å². The smallest absolute Gasteiger partial charge is 0.308 e. The number of esters is 1. The molecule has 7 nitrogen and oxygen atoms in total. The van der Waals surface area contributed by atoms with Gasteiger partial charge in [-0.2, -0.15) is 0 Å². The largest absolute Gasteiger partial charge is 0.466 e. The van der Waals surface area contributed by atoms with Crippen molar-refractivity contribution in [3.05, 3.63) is 70.7 Å². The van der Waals surface area contributed by atoms with Gasteiger partial charge < -0.3 is 15.0 Å². The minimum atomic E-state index is -0.857. The van der Waals surface area contributed by atoms with Crippen molar-refractivity contribution in [1.29, 1.82) is 0 Å². The summed E-state index contributed by atoms with van der Waals surface area (Å²) >= 11 is 11.4. The molecule has 0 spiro atoms. The summed E-state index contributed by atoms with van der Waals surface area (Å²) in [6.45, 7) is 0.971. The van der Waals surface area contributed by atoms with Crippen LogP contribution in [0.2, 0.25) is 5.02 Å². The van der Waals surface area contributed by atoms with Gasteiger partial charge in [0.2, 0.25) is 5.91 Å². The summed E-state index contributed by atoms with van der Waals surface area (Å²) in [7, 11) is 0. The van der Waals surface area contributed by atoms with E-state index in [-0.39, 0.29) is 29.6 Å². The van der Waals surface area contributed by atoms with E-state index in [4.69, 9.17) is 28.6 Å². The minimum Gasteiger partial charge on any atom is -0.466 e. The number of halogens is 1. The molecule has 2 amide bonds.